The highest BCUT2D eigenvalue weighted by Crippen LogP contribution is 2.37. The molecule has 0 bridgehead atoms. The lowest BCUT2D eigenvalue weighted by atomic mass is 9.87. The van der Waals surface area contributed by atoms with Crippen molar-refractivity contribution in [1.29, 1.82) is 0 Å². The molecule has 1 aliphatic rings. The summed E-state index contributed by atoms with van der Waals surface area (Å²) in [6.07, 6.45) is 2.13. The largest absolute Gasteiger partial charge is 0.497 e. The molecule has 0 spiro atoms. The van der Waals surface area contributed by atoms with Crippen LogP contribution in [0.1, 0.15) is 33.8 Å². The Morgan fingerprint density at radius 2 is 1.79 bits per heavy atom. The smallest absolute Gasteiger partial charge is 0.343 e. The van der Waals surface area contributed by atoms with Crippen molar-refractivity contribution in [3.05, 3.63) is 71.4 Å². The van der Waals surface area contributed by atoms with Gasteiger partial charge in [0, 0.05) is 24.9 Å². The second kappa shape index (κ2) is 7.19. The van der Waals surface area contributed by atoms with E-state index in [9.17, 15) is 9.59 Å². The zero-order chi connectivity index (χ0) is 19.7. The number of rotatable bonds is 4. The Morgan fingerprint density at radius 1 is 1.11 bits per heavy atom. The van der Waals surface area contributed by atoms with E-state index in [1.165, 1.54) is 0 Å². The predicted octanol–water partition coefficient (Wildman–Crippen LogP) is 3.12. The summed E-state index contributed by atoms with van der Waals surface area (Å²) < 4.78 is 12.2. The van der Waals surface area contributed by atoms with Crippen LogP contribution in [0.4, 0.5) is 5.82 Å². The first-order valence-electron chi connectivity index (χ1n) is 8.83. The van der Waals surface area contributed by atoms with Gasteiger partial charge in [0.25, 0.3) is 0 Å². The van der Waals surface area contributed by atoms with Crippen LogP contribution < -0.4 is 14.8 Å². The number of aryl methyl sites for hydroxylation is 1. The molecule has 7 nitrogen and oxygen atoms in total. The average Bonchev–Trinajstić information content (AvgIpc) is 3.09. The third-order valence-corrected chi connectivity index (χ3v) is 4.81. The van der Waals surface area contributed by atoms with Gasteiger partial charge in [-0.2, -0.15) is 5.10 Å². The SMILES string of the molecule is COc1ccc(C(=O)Oc2ccc([C@@H]3CC(=O)Nc4c3cnn4C)cc2)cc1. The summed E-state index contributed by atoms with van der Waals surface area (Å²) in [6, 6.07) is 13.9. The summed E-state index contributed by atoms with van der Waals surface area (Å²) in [5, 5.41) is 7.09. The molecule has 0 saturated carbocycles. The molecule has 2 aromatic carbocycles. The van der Waals surface area contributed by atoms with Crippen molar-refractivity contribution in [2.45, 2.75) is 12.3 Å². The number of carbonyl (C=O) groups excluding carboxylic acids is 2. The molecule has 142 valence electrons. The number of nitrogens with zero attached hydrogens (tertiary/aromatic N) is 2. The first-order chi connectivity index (χ1) is 13.5. The Hall–Kier alpha value is -3.61. The molecule has 1 N–H and O–H groups in total. The van der Waals surface area contributed by atoms with Crippen molar-refractivity contribution in [1.82, 2.24) is 9.78 Å². The molecule has 4 rings (SSSR count). The van der Waals surface area contributed by atoms with Crippen molar-refractivity contribution in [3.8, 4) is 11.5 Å². The normalized spacial score (nSPS) is 15.5. The van der Waals surface area contributed by atoms with Crippen LogP contribution in [0.3, 0.4) is 0 Å². The molecule has 1 amide bonds. The summed E-state index contributed by atoms with van der Waals surface area (Å²) in [5.41, 5.74) is 2.38. The third-order valence-electron chi connectivity index (χ3n) is 4.81. The average molecular weight is 377 g/mol. The van der Waals surface area contributed by atoms with Crippen LogP contribution in [0, 0.1) is 0 Å². The van der Waals surface area contributed by atoms with E-state index >= 15 is 0 Å². The van der Waals surface area contributed by atoms with Crippen molar-refractivity contribution in [3.63, 3.8) is 0 Å². The van der Waals surface area contributed by atoms with Gasteiger partial charge in [0.15, 0.2) is 0 Å². The van der Waals surface area contributed by atoms with Gasteiger partial charge in [-0.15, -0.1) is 0 Å². The van der Waals surface area contributed by atoms with Gasteiger partial charge in [0.2, 0.25) is 5.91 Å². The van der Waals surface area contributed by atoms with E-state index in [4.69, 9.17) is 9.47 Å². The van der Waals surface area contributed by atoms with Crippen LogP contribution in [-0.2, 0) is 11.8 Å². The maximum absolute atomic E-state index is 12.3. The molecule has 0 fully saturated rings. The summed E-state index contributed by atoms with van der Waals surface area (Å²) in [7, 11) is 3.36. The highest BCUT2D eigenvalue weighted by molar-refractivity contribution is 5.94. The number of hydrogen-bond acceptors (Lipinski definition) is 5. The molecule has 1 aromatic heterocycles. The predicted molar refractivity (Wildman–Crippen MR) is 103 cm³/mol. The molecular weight excluding hydrogens is 358 g/mol. The number of amides is 1. The van der Waals surface area contributed by atoms with Crippen molar-refractivity contribution < 1.29 is 19.1 Å². The van der Waals surface area contributed by atoms with Crippen LogP contribution >= 0.6 is 0 Å². The van der Waals surface area contributed by atoms with E-state index in [2.05, 4.69) is 10.4 Å². The van der Waals surface area contributed by atoms with E-state index in [1.807, 2.05) is 12.1 Å². The van der Waals surface area contributed by atoms with Gasteiger partial charge in [-0.1, -0.05) is 12.1 Å². The molecular formula is C21H19N3O4. The number of hydrogen-bond donors (Lipinski definition) is 1. The Bertz CT molecular complexity index is 1020. The van der Waals surface area contributed by atoms with Gasteiger partial charge in [-0.25, -0.2) is 4.79 Å². The van der Waals surface area contributed by atoms with E-state index in [0.717, 1.165) is 16.9 Å². The topological polar surface area (TPSA) is 82.4 Å². The minimum Gasteiger partial charge on any atom is -0.497 e. The zero-order valence-electron chi connectivity index (χ0n) is 15.5. The lowest BCUT2D eigenvalue weighted by Crippen LogP contribution is -2.24. The monoisotopic (exact) mass is 377 g/mol. The van der Waals surface area contributed by atoms with E-state index in [0.29, 0.717) is 23.5 Å². The van der Waals surface area contributed by atoms with Gasteiger partial charge >= 0.3 is 5.97 Å². The minimum atomic E-state index is -0.443. The number of methoxy groups -OCH3 is 1. The summed E-state index contributed by atoms with van der Waals surface area (Å²) in [4.78, 5) is 24.3. The molecule has 3 aromatic rings. The lowest BCUT2D eigenvalue weighted by Gasteiger charge is -2.23. The molecule has 0 radical (unpaired) electrons. The van der Waals surface area contributed by atoms with E-state index < -0.39 is 5.97 Å². The lowest BCUT2D eigenvalue weighted by molar-refractivity contribution is -0.116. The van der Waals surface area contributed by atoms with E-state index in [-0.39, 0.29) is 11.8 Å². The Labute approximate surface area is 161 Å². The second-order valence-corrected chi connectivity index (χ2v) is 6.56. The van der Waals surface area contributed by atoms with Crippen LogP contribution in [-0.4, -0.2) is 28.8 Å². The fourth-order valence-corrected chi connectivity index (χ4v) is 3.30. The van der Waals surface area contributed by atoms with E-state index in [1.54, 1.807) is 61.4 Å². The molecule has 0 saturated heterocycles. The summed E-state index contributed by atoms with van der Waals surface area (Å²) >= 11 is 0. The molecule has 28 heavy (non-hydrogen) atoms. The zero-order valence-corrected chi connectivity index (χ0v) is 15.5. The number of nitrogens with one attached hydrogen (secondary N) is 1. The minimum absolute atomic E-state index is 0.0453. The number of aromatic nitrogens is 2. The number of esters is 1. The number of anilines is 1. The second-order valence-electron chi connectivity index (χ2n) is 6.56. The maximum atomic E-state index is 12.3. The highest BCUT2D eigenvalue weighted by atomic mass is 16.5. The van der Waals surface area contributed by atoms with Crippen LogP contribution in [0.2, 0.25) is 0 Å². The summed E-state index contributed by atoms with van der Waals surface area (Å²) in [6.45, 7) is 0. The van der Waals surface area contributed by atoms with Crippen molar-refractivity contribution in [2.24, 2.45) is 7.05 Å². The Kier molecular flexibility index (Phi) is 4.57. The molecule has 2 heterocycles. The van der Waals surface area contributed by atoms with Gasteiger partial charge < -0.3 is 14.8 Å². The third kappa shape index (κ3) is 3.34. The molecule has 0 aliphatic carbocycles. The fraction of sp³-hybridized carbons (Fsp3) is 0.190. The molecule has 7 heteroatoms. The Morgan fingerprint density at radius 3 is 2.46 bits per heavy atom. The number of carbonyl (C=O) groups is 2. The molecule has 0 unspecified atom stereocenters. The highest BCUT2D eigenvalue weighted by Gasteiger charge is 2.29. The molecule has 1 aliphatic heterocycles. The number of ether oxygens (including phenoxy) is 2. The van der Waals surface area contributed by atoms with Crippen LogP contribution in [0.15, 0.2) is 54.7 Å². The number of fused-ring (bicyclic) bond motifs is 1. The van der Waals surface area contributed by atoms with Crippen LogP contribution in [0.25, 0.3) is 0 Å². The Balaban J connectivity index is 1.51. The quantitative estimate of drug-likeness (QED) is 0.558. The van der Waals surface area contributed by atoms with Crippen LogP contribution in [0.5, 0.6) is 11.5 Å². The fourth-order valence-electron chi connectivity index (χ4n) is 3.30. The number of benzene rings is 2. The van der Waals surface area contributed by atoms with Gasteiger partial charge in [0.1, 0.15) is 17.3 Å². The van der Waals surface area contributed by atoms with Crippen molar-refractivity contribution >= 4 is 17.7 Å². The van der Waals surface area contributed by atoms with Gasteiger partial charge in [-0.3, -0.25) is 9.48 Å². The van der Waals surface area contributed by atoms with Crippen molar-refractivity contribution in [2.75, 3.05) is 12.4 Å². The standard InChI is InChI=1S/C21H19N3O4/c1-24-20-18(12-22-24)17(11-19(25)23-20)13-3-9-16(10-4-13)28-21(26)14-5-7-15(27-2)8-6-14/h3-10,12,17H,11H2,1-2H3,(H,23,25)/t17-/m0/s1. The van der Waals surface area contributed by atoms with Gasteiger partial charge in [0.05, 0.1) is 18.9 Å². The first-order valence-corrected chi connectivity index (χ1v) is 8.83. The summed E-state index contributed by atoms with van der Waals surface area (Å²) in [5.74, 6) is 1.27. The first kappa shape index (κ1) is 17.8. The van der Waals surface area contributed by atoms with Gasteiger partial charge in [-0.05, 0) is 42.0 Å². The molecule has 1 atom stereocenters. The maximum Gasteiger partial charge on any atom is 0.343 e.